The average Bonchev–Trinajstić information content (AvgIpc) is 3.38. The molecule has 2 aliphatic carbocycles. The van der Waals surface area contributed by atoms with E-state index in [4.69, 9.17) is 4.84 Å². The molecule has 2 amide bonds. The third-order valence-corrected chi connectivity index (χ3v) is 9.14. The molecule has 2 N–H and O–H groups in total. The SMILES string of the molecule is CCc1nc(NNC(=O)[C@@H](CC2CCCC2)CN(C=O)OCc2ccccc2)c(F)c(N2CC(N(C)C)C3(CC3)C2)n1. The Balaban J connectivity index is 1.27. The zero-order chi connectivity index (χ0) is 29.7. The van der Waals surface area contributed by atoms with E-state index >= 15 is 4.39 Å². The van der Waals surface area contributed by atoms with Gasteiger partial charge < -0.3 is 9.80 Å². The number of aryl methyl sites for hydroxylation is 1. The maximum absolute atomic E-state index is 15.9. The van der Waals surface area contributed by atoms with Gasteiger partial charge in [-0.2, -0.15) is 4.39 Å². The molecule has 228 valence electrons. The highest BCUT2D eigenvalue weighted by Crippen LogP contribution is 2.54. The van der Waals surface area contributed by atoms with Crippen LogP contribution < -0.4 is 15.8 Å². The van der Waals surface area contributed by atoms with Crippen molar-refractivity contribution in [3.8, 4) is 0 Å². The molecular formula is C31H44FN7O3. The topological polar surface area (TPSA) is 103 Å². The average molecular weight is 582 g/mol. The number of carbonyl (C=O) groups excluding carboxylic acids is 2. The van der Waals surface area contributed by atoms with Crippen LogP contribution in [0.4, 0.5) is 16.0 Å². The van der Waals surface area contributed by atoms with Crippen molar-refractivity contribution in [2.24, 2.45) is 17.3 Å². The minimum atomic E-state index is -0.573. The number of nitrogens with zero attached hydrogens (tertiary/aromatic N) is 5. The van der Waals surface area contributed by atoms with E-state index < -0.39 is 11.7 Å². The summed E-state index contributed by atoms with van der Waals surface area (Å²) in [6, 6.07) is 9.90. The lowest BCUT2D eigenvalue weighted by atomic mass is 9.92. The molecule has 0 radical (unpaired) electrons. The molecule has 1 spiro atoms. The van der Waals surface area contributed by atoms with Crippen molar-refractivity contribution >= 4 is 24.0 Å². The van der Waals surface area contributed by atoms with Crippen LogP contribution in [-0.4, -0.2) is 72.0 Å². The second-order valence-electron chi connectivity index (χ2n) is 12.4. The van der Waals surface area contributed by atoms with Gasteiger partial charge in [0.2, 0.25) is 18.1 Å². The number of rotatable bonds is 14. The summed E-state index contributed by atoms with van der Waals surface area (Å²) in [5.74, 6) is -0.312. The van der Waals surface area contributed by atoms with Crippen molar-refractivity contribution in [1.82, 2.24) is 25.4 Å². The number of amides is 2. The van der Waals surface area contributed by atoms with Crippen molar-refractivity contribution in [3.63, 3.8) is 0 Å². The number of halogens is 1. The fourth-order valence-electron chi connectivity index (χ4n) is 6.62. The molecule has 3 fully saturated rings. The largest absolute Gasteiger partial charge is 0.352 e. The van der Waals surface area contributed by atoms with E-state index in [9.17, 15) is 9.59 Å². The number of hydrogen-bond donors (Lipinski definition) is 2. The Bertz CT molecular complexity index is 1220. The van der Waals surface area contributed by atoms with Gasteiger partial charge in [-0.05, 0) is 44.8 Å². The highest BCUT2D eigenvalue weighted by Gasteiger charge is 2.56. The molecule has 2 atom stereocenters. The van der Waals surface area contributed by atoms with Crippen LogP contribution in [0.15, 0.2) is 30.3 Å². The van der Waals surface area contributed by atoms with Gasteiger partial charge in [0.15, 0.2) is 11.6 Å². The molecule has 11 heteroatoms. The monoisotopic (exact) mass is 581 g/mol. The lowest BCUT2D eigenvalue weighted by Crippen LogP contribution is -2.42. The van der Waals surface area contributed by atoms with E-state index in [0.717, 1.165) is 50.6 Å². The Hall–Kier alpha value is -3.31. The Labute approximate surface area is 247 Å². The van der Waals surface area contributed by atoms with E-state index in [1.807, 2.05) is 42.2 Å². The normalized spacial score (nSPS) is 20.2. The second-order valence-corrected chi connectivity index (χ2v) is 12.4. The quantitative estimate of drug-likeness (QED) is 0.256. The molecule has 10 nitrogen and oxygen atoms in total. The van der Waals surface area contributed by atoms with Gasteiger partial charge in [-0.25, -0.2) is 15.0 Å². The van der Waals surface area contributed by atoms with E-state index in [2.05, 4.69) is 39.8 Å². The van der Waals surface area contributed by atoms with Crippen molar-refractivity contribution < 1.29 is 18.8 Å². The minimum Gasteiger partial charge on any atom is -0.352 e. The highest BCUT2D eigenvalue weighted by molar-refractivity contribution is 5.80. The smallest absolute Gasteiger partial charge is 0.243 e. The van der Waals surface area contributed by atoms with Crippen LogP contribution in [0.3, 0.4) is 0 Å². The third kappa shape index (κ3) is 7.00. The summed E-state index contributed by atoms with van der Waals surface area (Å²) in [4.78, 5) is 44.3. The summed E-state index contributed by atoms with van der Waals surface area (Å²) in [6.07, 6.45) is 8.41. The number of anilines is 2. The van der Waals surface area contributed by atoms with Gasteiger partial charge in [-0.1, -0.05) is 62.9 Å². The molecule has 0 bridgehead atoms. The number of hydrazine groups is 1. The summed E-state index contributed by atoms with van der Waals surface area (Å²) in [7, 11) is 4.15. The third-order valence-electron chi connectivity index (χ3n) is 9.14. The molecule has 1 unspecified atom stereocenters. The Morgan fingerprint density at radius 2 is 1.95 bits per heavy atom. The molecule has 1 aliphatic heterocycles. The predicted octanol–water partition coefficient (Wildman–Crippen LogP) is 3.94. The zero-order valence-electron chi connectivity index (χ0n) is 25.0. The molecule has 3 aliphatic rings. The first-order chi connectivity index (χ1) is 20.3. The molecular weight excluding hydrogens is 537 g/mol. The minimum absolute atomic E-state index is 0.0458. The Kier molecular flexibility index (Phi) is 9.57. The zero-order valence-corrected chi connectivity index (χ0v) is 25.0. The van der Waals surface area contributed by atoms with Gasteiger partial charge in [0.05, 0.1) is 12.5 Å². The first kappa shape index (κ1) is 30.2. The van der Waals surface area contributed by atoms with Gasteiger partial charge in [-0.3, -0.25) is 25.3 Å². The number of aromatic nitrogens is 2. The number of likely N-dealkylation sites (N-methyl/N-ethyl adjacent to an activating group) is 1. The van der Waals surface area contributed by atoms with Crippen molar-refractivity contribution in [1.29, 1.82) is 0 Å². The lowest BCUT2D eigenvalue weighted by molar-refractivity contribution is -0.182. The van der Waals surface area contributed by atoms with E-state index in [0.29, 0.717) is 43.6 Å². The van der Waals surface area contributed by atoms with Gasteiger partial charge in [-0.15, -0.1) is 0 Å². The number of carbonyl (C=O) groups is 2. The second kappa shape index (κ2) is 13.3. The Morgan fingerprint density at radius 1 is 1.21 bits per heavy atom. The van der Waals surface area contributed by atoms with Gasteiger partial charge in [0.1, 0.15) is 12.4 Å². The first-order valence-corrected chi connectivity index (χ1v) is 15.2. The lowest BCUT2D eigenvalue weighted by Gasteiger charge is -2.26. The van der Waals surface area contributed by atoms with Crippen molar-refractivity contribution in [2.45, 2.75) is 70.9 Å². The highest BCUT2D eigenvalue weighted by atomic mass is 19.1. The van der Waals surface area contributed by atoms with E-state index in [-0.39, 0.29) is 36.1 Å². The fraction of sp³-hybridized carbons (Fsp3) is 0.613. The molecule has 1 aromatic heterocycles. The van der Waals surface area contributed by atoms with Crippen molar-refractivity contribution in [3.05, 3.63) is 47.5 Å². The molecule has 42 heavy (non-hydrogen) atoms. The number of benzene rings is 1. The maximum Gasteiger partial charge on any atom is 0.243 e. The number of nitrogens with one attached hydrogen (secondary N) is 2. The predicted molar refractivity (Wildman–Crippen MR) is 159 cm³/mol. The molecule has 2 heterocycles. The summed E-state index contributed by atoms with van der Waals surface area (Å²) in [5.41, 5.74) is 6.58. The van der Waals surface area contributed by atoms with Crippen LogP contribution in [0.1, 0.15) is 63.3 Å². The molecule has 1 saturated heterocycles. The summed E-state index contributed by atoms with van der Waals surface area (Å²) in [6.45, 7) is 3.70. The van der Waals surface area contributed by atoms with Gasteiger partial charge in [0.25, 0.3) is 0 Å². The van der Waals surface area contributed by atoms with Crippen LogP contribution in [0.5, 0.6) is 0 Å². The summed E-state index contributed by atoms with van der Waals surface area (Å²) < 4.78 is 15.9. The van der Waals surface area contributed by atoms with Crippen LogP contribution in [0.2, 0.25) is 0 Å². The van der Waals surface area contributed by atoms with Crippen LogP contribution in [0, 0.1) is 23.1 Å². The van der Waals surface area contributed by atoms with Crippen LogP contribution in [0.25, 0.3) is 0 Å². The summed E-state index contributed by atoms with van der Waals surface area (Å²) in [5, 5.41) is 1.19. The molecule has 2 saturated carbocycles. The Morgan fingerprint density at radius 3 is 2.57 bits per heavy atom. The van der Waals surface area contributed by atoms with Crippen LogP contribution >= 0.6 is 0 Å². The van der Waals surface area contributed by atoms with E-state index in [1.165, 1.54) is 5.06 Å². The van der Waals surface area contributed by atoms with Crippen LogP contribution in [-0.2, 0) is 27.5 Å². The maximum atomic E-state index is 15.9. The van der Waals surface area contributed by atoms with E-state index in [1.54, 1.807) is 0 Å². The fourth-order valence-corrected chi connectivity index (χ4v) is 6.62. The standard InChI is InChI=1S/C31H44FN7O3/c1-4-26-33-28(27(32)29(34-26)38-18-25(37(2)3)31(20-38)14-15-31)35-36-30(41)24(16-22-10-8-9-11-22)17-39(21-40)42-19-23-12-6-5-7-13-23/h5-7,12-13,21-22,24-25H,4,8-11,14-20H2,1-3H3,(H,36,41)(H,33,34,35)/t24-,25?/m0/s1. The summed E-state index contributed by atoms with van der Waals surface area (Å²) >= 11 is 0. The molecule has 5 rings (SSSR count). The van der Waals surface area contributed by atoms with Crippen molar-refractivity contribution in [2.75, 3.05) is 44.1 Å². The van der Waals surface area contributed by atoms with Gasteiger partial charge in [0, 0.05) is 31.0 Å². The molecule has 2 aromatic rings. The van der Waals surface area contributed by atoms with Gasteiger partial charge >= 0.3 is 0 Å². The molecule has 1 aromatic carbocycles. The number of hydroxylamine groups is 2. The number of hydrogen-bond acceptors (Lipinski definition) is 8. The first-order valence-electron chi connectivity index (χ1n) is 15.2.